The quantitative estimate of drug-likeness (QED) is 0.110. The maximum Gasteiger partial charge on any atom is 0.358 e. The molecule has 9 rings (SSSR count). The minimum atomic E-state index is -6.22. The van der Waals surface area contributed by atoms with Crippen molar-refractivity contribution in [3.63, 3.8) is 0 Å². The van der Waals surface area contributed by atoms with Gasteiger partial charge in [0.25, 0.3) is 0 Å². The average Bonchev–Trinajstić information content (AvgIpc) is 3.84. The first-order chi connectivity index (χ1) is 26.3. The molecule has 0 saturated carbocycles. The van der Waals surface area contributed by atoms with Crippen LogP contribution >= 0.6 is 30.4 Å². The van der Waals surface area contributed by atoms with Crippen molar-refractivity contribution in [3.8, 4) is 0 Å². The first kappa shape index (κ1) is 36.5. The van der Waals surface area contributed by atoms with E-state index in [9.17, 15) is 57.4 Å². The van der Waals surface area contributed by atoms with Crippen LogP contribution in [0.4, 0.5) is 23.3 Å². The van der Waals surface area contributed by atoms with Crippen LogP contribution in [-0.4, -0.2) is 59.1 Å². The smallest absolute Gasteiger partial charge is 0.324 e. The Kier molecular flexibility index (Phi) is 7.93. The van der Waals surface area contributed by atoms with Gasteiger partial charge >= 0.3 is 30.4 Å². The molecule has 0 unspecified atom stereocenters. The fourth-order valence-electron chi connectivity index (χ4n) is 7.09. The third-order valence-corrected chi connectivity index (χ3v) is 13.8. The number of hydrogen-bond donors (Lipinski definition) is 12. The molecule has 4 aromatic heterocycles. The lowest BCUT2D eigenvalue weighted by atomic mass is 10.2. The molecule has 1 aliphatic rings. The zero-order valence-electron chi connectivity index (χ0n) is 27.7. The minimum Gasteiger partial charge on any atom is -0.324 e. The van der Waals surface area contributed by atoms with Gasteiger partial charge < -0.3 is 59.1 Å². The molecule has 56 heavy (non-hydrogen) atoms. The number of nitrogens with zero attached hydrogens (tertiary/aromatic N) is 4. The van der Waals surface area contributed by atoms with Gasteiger partial charge in [-0.1, -0.05) is 72.8 Å². The number of aromatic nitrogens is 4. The monoisotopic (exact) mass is 836 g/mol. The molecular formula is C32H24N8O12P4. The van der Waals surface area contributed by atoms with Crippen LogP contribution in [0.15, 0.2) is 92.8 Å². The van der Waals surface area contributed by atoms with E-state index in [1.54, 1.807) is 48.5 Å². The second-order valence-corrected chi connectivity index (χ2v) is 18.8. The molecule has 20 nitrogen and oxygen atoms in total. The predicted molar refractivity (Wildman–Crippen MR) is 203 cm³/mol. The van der Waals surface area contributed by atoms with Crippen molar-refractivity contribution < 1.29 is 57.4 Å². The van der Waals surface area contributed by atoms with E-state index in [1.807, 2.05) is 24.3 Å². The first-order valence-electron chi connectivity index (χ1n) is 16.0. The zero-order chi connectivity index (χ0) is 39.7. The van der Waals surface area contributed by atoms with Crippen molar-refractivity contribution in [3.05, 3.63) is 94.7 Å². The molecule has 0 spiro atoms. The standard InChI is InChI=1S/C32H24N8O12P4/c41-53(42,43)21-19-20(22(54(44,45)46)24(56(50,51)52)23(21)55(47,48)49)32-39-30-18-12-6-4-10-16(18)28(37-30)35-26-14-8-2-1-7-13(14)25(33-26)34-27-15-9-3-5-11-17(15)29(36-27)38-31(19)40-32/h1-12H,(H2,41,42,43)(H2,44,45,46)(H2,47,48,49)(H2,50,51,52)(H4,33,34,35,36,37,38,39,40). The molecule has 0 amide bonds. The van der Waals surface area contributed by atoms with Gasteiger partial charge in [0.15, 0.2) is 0 Å². The Bertz CT molecular complexity index is 3290. The van der Waals surface area contributed by atoms with Gasteiger partial charge in [-0.2, -0.15) is 0 Å². The van der Waals surface area contributed by atoms with Gasteiger partial charge in [-0.05, 0) is 0 Å². The summed E-state index contributed by atoms with van der Waals surface area (Å²) in [6.45, 7) is 0. The van der Waals surface area contributed by atoms with Crippen LogP contribution in [0.3, 0.4) is 0 Å². The van der Waals surface area contributed by atoms with E-state index in [2.05, 4.69) is 29.9 Å². The minimum absolute atomic E-state index is 0.0549. The van der Waals surface area contributed by atoms with Gasteiger partial charge in [-0.15, -0.1) is 0 Å². The summed E-state index contributed by atoms with van der Waals surface area (Å²) in [5.41, 5.74) is -0.551. The molecule has 1 aliphatic heterocycles. The largest absolute Gasteiger partial charge is 0.358 e. The van der Waals surface area contributed by atoms with Crippen molar-refractivity contribution in [2.75, 3.05) is 0 Å². The number of aromatic amines is 4. The maximum atomic E-state index is 13.4. The lowest BCUT2D eigenvalue weighted by molar-refractivity contribution is 0.378. The van der Waals surface area contributed by atoms with Crippen molar-refractivity contribution >= 4 is 118 Å². The molecule has 0 fully saturated rings. The number of H-pyrrole nitrogens is 4. The van der Waals surface area contributed by atoms with E-state index < -0.39 is 73.3 Å². The summed E-state index contributed by atoms with van der Waals surface area (Å²) in [4.78, 5) is 116. The van der Waals surface area contributed by atoms with Crippen LogP contribution in [0.1, 0.15) is 0 Å². The average molecular weight is 836 g/mol. The molecule has 5 heterocycles. The lowest BCUT2D eigenvalue weighted by Crippen LogP contribution is -2.47. The van der Waals surface area contributed by atoms with E-state index in [4.69, 9.17) is 9.98 Å². The topological polar surface area (TPSA) is 343 Å². The Morgan fingerprint density at radius 2 is 0.589 bits per heavy atom. The van der Waals surface area contributed by atoms with Crippen LogP contribution in [-0.2, 0) is 18.3 Å². The first-order valence-corrected chi connectivity index (χ1v) is 22.4. The SMILES string of the molecule is O=P(O)(O)c1c(P(=O)(O)O)c(P(=O)(O)O)c2c3[nH]c(c2c1P(=O)(O)O)=Nc1[nH]c(c2ccccc12)N=c1[nH]c(c2ccccc12)=Nc1[nH]c(c2ccccc12)N=3. The third kappa shape index (κ3) is 5.72. The fraction of sp³-hybridized carbons (Fsp3) is 0. The van der Waals surface area contributed by atoms with Crippen molar-refractivity contribution in [2.24, 2.45) is 20.0 Å². The summed E-state index contributed by atoms with van der Waals surface area (Å²) < 4.78 is 53.0. The van der Waals surface area contributed by atoms with Gasteiger partial charge in [0.05, 0.1) is 21.2 Å². The highest BCUT2D eigenvalue weighted by molar-refractivity contribution is 7.73. The second-order valence-electron chi connectivity index (χ2n) is 12.7. The predicted octanol–water partition coefficient (Wildman–Crippen LogP) is 0.942. The van der Waals surface area contributed by atoms with Gasteiger partial charge in [0.2, 0.25) is 0 Å². The molecule has 8 aromatic rings. The highest BCUT2D eigenvalue weighted by Gasteiger charge is 2.47. The van der Waals surface area contributed by atoms with E-state index in [1.165, 1.54) is 0 Å². The summed E-state index contributed by atoms with van der Waals surface area (Å²) in [6.07, 6.45) is 0. The summed E-state index contributed by atoms with van der Waals surface area (Å²) in [6, 6.07) is 20.6. The molecule has 12 N–H and O–H groups in total. The Morgan fingerprint density at radius 1 is 0.339 bits per heavy atom. The van der Waals surface area contributed by atoms with Gasteiger partial charge in [0, 0.05) is 43.1 Å². The fourth-order valence-corrected chi connectivity index (χ4v) is 13.0. The Hall–Kier alpha value is -5.16. The van der Waals surface area contributed by atoms with E-state index >= 15 is 0 Å². The van der Waals surface area contributed by atoms with Gasteiger partial charge in [-0.25, -0.2) is 20.0 Å². The molecule has 0 aliphatic carbocycles. The Labute approximate surface area is 309 Å². The summed E-state index contributed by atoms with van der Waals surface area (Å²) >= 11 is 0. The molecule has 4 aromatic carbocycles. The Morgan fingerprint density at radius 3 is 0.875 bits per heavy atom. The molecule has 0 atom stereocenters. The molecule has 0 radical (unpaired) electrons. The summed E-state index contributed by atoms with van der Waals surface area (Å²) in [5, 5.41) is -6.08. The number of rotatable bonds is 4. The highest BCUT2D eigenvalue weighted by Crippen LogP contribution is 2.48. The lowest BCUT2D eigenvalue weighted by Gasteiger charge is -2.22. The van der Waals surface area contributed by atoms with Crippen molar-refractivity contribution in [1.82, 2.24) is 19.9 Å². The third-order valence-electron chi connectivity index (χ3n) is 9.19. The molecule has 24 heteroatoms. The van der Waals surface area contributed by atoms with E-state index in [0.717, 1.165) is 0 Å². The molecule has 8 bridgehead atoms. The highest BCUT2D eigenvalue weighted by atomic mass is 31.2. The number of hydrogen-bond acceptors (Lipinski definition) is 8. The van der Waals surface area contributed by atoms with E-state index in [-0.39, 0.29) is 23.3 Å². The van der Waals surface area contributed by atoms with Crippen molar-refractivity contribution in [2.45, 2.75) is 0 Å². The molecule has 0 saturated heterocycles. The number of nitrogens with one attached hydrogen (secondary N) is 4. The molecule has 284 valence electrons. The maximum absolute atomic E-state index is 13.4. The van der Waals surface area contributed by atoms with Gasteiger partial charge in [-0.3, -0.25) is 18.3 Å². The summed E-state index contributed by atoms with van der Waals surface area (Å²) in [5.74, 6) is 0.342. The van der Waals surface area contributed by atoms with Crippen LogP contribution < -0.4 is 43.2 Å². The Balaban J connectivity index is 1.62. The van der Waals surface area contributed by atoms with Crippen LogP contribution in [0, 0.1) is 0 Å². The van der Waals surface area contributed by atoms with Crippen molar-refractivity contribution in [1.29, 1.82) is 0 Å². The number of benzene rings is 4. The number of fused-ring (bicyclic) bond motifs is 20. The van der Waals surface area contributed by atoms with Gasteiger partial charge in [0.1, 0.15) is 45.2 Å². The summed E-state index contributed by atoms with van der Waals surface area (Å²) in [7, 11) is -24.6. The van der Waals surface area contributed by atoms with Crippen LogP contribution in [0.5, 0.6) is 0 Å². The second kappa shape index (κ2) is 12.2. The van der Waals surface area contributed by atoms with Crippen LogP contribution in [0.25, 0.3) is 43.1 Å². The van der Waals surface area contributed by atoms with E-state index in [0.29, 0.717) is 43.3 Å². The normalized spacial score (nSPS) is 13.9. The molecular weight excluding hydrogens is 812 g/mol. The zero-order valence-corrected chi connectivity index (χ0v) is 31.3. The van der Waals surface area contributed by atoms with Crippen LogP contribution in [0.2, 0.25) is 0 Å².